The molecule has 1 aliphatic heterocycles. The molecule has 0 amide bonds. The SMILES string of the molecule is Cc1ccc2c(c1)CCN2C#CN. The molecule has 2 heteroatoms. The first-order chi connectivity index (χ1) is 6.31. The molecule has 0 fully saturated rings. The molecule has 0 saturated heterocycles. The van der Waals surface area contributed by atoms with Crippen molar-refractivity contribution in [1.82, 2.24) is 0 Å². The summed E-state index contributed by atoms with van der Waals surface area (Å²) in [7, 11) is 0. The molecule has 2 nitrogen and oxygen atoms in total. The first-order valence-corrected chi connectivity index (χ1v) is 4.39. The van der Waals surface area contributed by atoms with Gasteiger partial charge >= 0.3 is 0 Å². The lowest BCUT2D eigenvalue weighted by molar-refractivity contribution is 1.01. The normalized spacial score (nSPS) is 13.5. The van der Waals surface area contributed by atoms with Gasteiger partial charge in [0.05, 0.1) is 5.69 Å². The zero-order valence-electron chi connectivity index (χ0n) is 7.67. The van der Waals surface area contributed by atoms with Gasteiger partial charge in [-0.1, -0.05) is 17.7 Å². The zero-order chi connectivity index (χ0) is 9.26. The largest absolute Gasteiger partial charge is 0.358 e. The number of nitrogens with two attached hydrogens (primary N) is 1. The standard InChI is InChI=1S/C11H12N2/c1-9-2-3-11-10(8-9)4-6-13(11)7-5-12/h2-3,8H,4,6,12H2,1H3. The third-order valence-electron chi connectivity index (χ3n) is 2.33. The van der Waals surface area contributed by atoms with Crippen LogP contribution in [0, 0.1) is 19.0 Å². The van der Waals surface area contributed by atoms with E-state index < -0.39 is 0 Å². The quantitative estimate of drug-likeness (QED) is 0.471. The molecule has 2 rings (SSSR count). The Kier molecular flexibility index (Phi) is 1.86. The highest BCUT2D eigenvalue weighted by Crippen LogP contribution is 2.27. The van der Waals surface area contributed by atoms with Gasteiger partial charge in [-0.25, -0.2) is 0 Å². The maximum absolute atomic E-state index is 5.19. The summed E-state index contributed by atoms with van der Waals surface area (Å²) in [5.41, 5.74) is 9.09. The summed E-state index contributed by atoms with van der Waals surface area (Å²) in [5.74, 6) is 0. The summed E-state index contributed by atoms with van der Waals surface area (Å²) < 4.78 is 0. The highest BCUT2D eigenvalue weighted by Gasteiger charge is 2.16. The Morgan fingerprint density at radius 3 is 3.08 bits per heavy atom. The monoisotopic (exact) mass is 172 g/mol. The van der Waals surface area contributed by atoms with Gasteiger partial charge in [-0.05, 0) is 25.0 Å². The summed E-state index contributed by atoms with van der Waals surface area (Å²) in [6, 6.07) is 11.8. The lowest BCUT2D eigenvalue weighted by Crippen LogP contribution is -2.13. The van der Waals surface area contributed by atoms with Crippen molar-refractivity contribution < 1.29 is 0 Å². The van der Waals surface area contributed by atoms with Gasteiger partial charge < -0.3 is 5.73 Å². The highest BCUT2D eigenvalue weighted by molar-refractivity contribution is 5.62. The van der Waals surface area contributed by atoms with E-state index in [1.807, 2.05) is 4.90 Å². The molecule has 13 heavy (non-hydrogen) atoms. The summed E-state index contributed by atoms with van der Waals surface area (Å²) in [6.07, 6.45) is 1.08. The van der Waals surface area contributed by atoms with Gasteiger partial charge in [-0.3, -0.25) is 4.90 Å². The van der Waals surface area contributed by atoms with Crippen molar-refractivity contribution in [2.24, 2.45) is 5.73 Å². The van der Waals surface area contributed by atoms with Crippen LogP contribution in [0.4, 0.5) is 5.69 Å². The van der Waals surface area contributed by atoms with Crippen LogP contribution in [0.3, 0.4) is 0 Å². The average Bonchev–Trinajstić information content (AvgIpc) is 2.49. The third kappa shape index (κ3) is 1.33. The summed E-state index contributed by atoms with van der Waals surface area (Å²) in [5, 5.41) is 0. The number of hydrogen-bond donors (Lipinski definition) is 1. The lowest BCUT2D eigenvalue weighted by atomic mass is 10.1. The fourth-order valence-corrected chi connectivity index (χ4v) is 1.72. The molecule has 1 aromatic rings. The Bertz CT molecular complexity index is 385. The van der Waals surface area contributed by atoms with Crippen LogP contribution in [0.15, 0.2) is 18.2 Å². The van der Waals surface area contributed by atoms with Crippen molar-refractivity contribution in [2.75, 3.05) is 11.4 Å². The molecule has 0 saturated carbocycles. The first-order valence-electron chi connectivity index (χ1n) is 4.39. The number of hydrogen-bond acceptors (Lipinski definition) is 2. The van der Waals surface area contributed by atoms with Gasteiger partial charge in [0.1, 0.15) is 0 Å². The molecule has 1 aliphatic rings. The Morgan fingerprint density at radius 2 is 2.31 bits per heavy atom. The smallest absolute Gasteiger partial charge is 0.0522 e. The van der Waals surface area contributed by atoms with Crippen LogP contribution in [-0.4, -0.2) is 6.54 Å². The fourth-order valence-electron chi connectivity index (χ4n) is 1.72. The second-order valence-electron chi connectivity index (χ2n) is 3.29. The van der Waals surface area contributed by atoms with Gasteiger partial charge in [-0.15, -0.1) is 0 Å². The van der Waals surface area contributed by atoms with Gasteiger partial charge in [0.25, 0.3) is 0 Å². The number of aryl methyl sites for hydroxylation is 1. The van der Waals surface area contributed by atoms with Crippen LogP contribution in [0.1, 0.15) is 11.1 Å². The molecule has 2 N–H and O–H groups in total. The molecular weight excluding hydrogens is 160 g/mol. The van der Waals surface area contributed by atoms with E-state index in [2.05, 4.69) is 37.2 Å². The van der Waals surface area contributed by atoms with Gasteiger partial charge in [0.2, 0.25) is 0 Å². The van der Waals surface area contributed by atoms with E-state index in [1.54, 1.807) is 0 Å². The average molecular weight is 172 g/mol. The molecule has 0 atom stereocenters. The van der Waals surface area contributed by atoms with Crippen molar-refractivity contribution in [3.63, 3.8) is 0 Å². The van der Waals surface area contributed by atoms with E-state index in [9.17, 15) is 0 Å². The Hall–Kier alpha value is -1.62. The summed E-state index contributed by atoms with van der Waals surface area (Å²) in [4.78, 5) is 2.01. The van der Waals surface area contributed by atoms with Gasteiger partial charge in [-0.2, -0.15) is 0 Å². The molecule has 1 aromatic carbocycles. The molecule has 0 aliphatic carbocycles. The predicted octanol–water partition coefficient (Wildman–Crippen LogP) is 1.23. The predicted molar refractivity (Wildman–Crippen MR) is 54.2 cm³/mol. The number of benzene rings is 1. The zero-order valence-corrected chi connectivity index (χ0v) is 7.67. The molecular formula is C11H12N2. The van der Waals surface area contributed by atoms with E-state index in [0.29, 0.717) is 0 Å². The Balaban J connectivity index is 2.41. The van der Waals surface area contributed by atoms with Crippen molar-refractivity contribution >= 4 is 5.69 Å². The molecule has 0 unspecified atom stereocenters. The Labute approximate surface area is 78.3 Å². The van der Waals surface area contributed by atoms with E-state index >= 15 is 0 Å². The molecule has 0 aromatic heterocycles. The van der Waals surface area contributed by atoms with E-state index in [1.165, 1.54) is 16.8 Å². The van der Waals surface area contributed by atoms with Crippen LogP contribution in [-0.2, 0) is 6.42 Å². The van der Waals surface area contributed by atoms with Crippen LogP contribution in [0.25, 0.3) is 0 Å². The topological polar surface area (TPSA) is 29.3 Å². The summed E-state index contributed by atoms with van der Waals surface area (Å²) in [6.45, 7) is 3.07. The van der Waals surface area contributed by atoms with Gasteiger partial charge in [0, 0.05) is 18.6 Å². The number of fused-ring (bicyclic) bond motifs is 1. The second-order valence-corrected chi connectivity index (χ2v) is 3.29. The lowest BCUT2D eigenvalue weighted by Gasteiger charge is -2.09. The second kappa shape index (κ2) is 3.02. The van der Waals surface area contributed by atoms with E-state index in [-0.39, 0.29) is 0 Å². The molecule has 0 bridgehead atoms. The van der Waals surface area contributed by atoms with Gasteiger partial charge in [0.15, 0.2) is 0 Å². The van der Waals surface area contributed by atoms with Crippen LogP contribution < -0.4 is 10.6 Å². The number of rotatable bonds is 0. The minimum absolute atomic E-state index is 0.961. The van der Waals surface area contributed by atoms with Crippen LogP contribution in [0.5, 0.6) is 0 Å². The minimum Gasteiger partial charge on any atom is -0.358 e. The molecule has 0 spiro atoms. The number of nitrogens with zero attached hydrogens (tertiary/aromatic N) is 1. The third-order valence-corrected chi connectivity index (χ3v) is 2.33. The maximum Gasteiger partial charge on any atom is 0.0522 e. The van der Waals surface area contributed by atoms with Crippen molar-refractivity contribution in [3.8, 4) is 12.1 Å². The van der Waals surface area contributed by atoms with Crippen molar-refractivity contribution in [3.05, 3.63) is 29.3 Å². The van der Waals surface area contributed by atoms with E-state index in [0.717, 1.165) is 13.0 Å². The maximum atomic E-state index is 5.19. The van der Waals surface area contributed by atoms with Crippen LogP contribution in [0.2, 0.25) is 0 Å². The highest BCUT2D eigenvalue weighted by atomic mass is 15.1. The number of anilines is 1. The van der Waals surface area contributed by atoms with Crippen LogP contribution >= 0.6 is 0 Å². The van der Waals surface area contributed by atoms with E-state index in [4.69, 9.17) is 5.73 Å². The fraction of sp³-hybridized carbons (Fsp3) is 0.273. The van der Waals surface area contributed by atoms with Crippen molar-refractivity contribution in [1.29, 1.82) is 0 Å². The Morgan fingerprint density at radius 1 is 1.46 bits per heavy atom. The molecule has 0 radical (unpaired) electrons. The summed E-state index contributed by atoms with van der Waals surface area (Å²) >= 11 is 0. The molecule has 66 valence electrons. The first kappa shape index (κ1) is 8.00. The molecule has 1 heterocycles. The van der Waals surface area contributed by atoms with Crippen molar-refractivity contribution in [2.45, 2.75) is 13.3 Å². The minimum atomic E-state index is 0.961.